The molecule has 67 heavy (non-hydrogen) atoms. The Balaban J connectivity index is 1.22. The molecule has 0 unspecified atom stereocenters. The van der Waals surface area contributed by atoms with Crippen LogP contribution in [-0.4, -0.2) is 4.57 Å². The Morgan fingerprint density at radius 3 is 1.24 bits per heavy atom. The van der Waals surface area contributed by atoms with Crippen molar-refractivity contribution in [3.05, 3.63) is 253 Å². The Hall–Kier alpha value is -9.22. The highest BCUT2D eigenvalue weighted by Crippen LogP contribution is 2.45. The van der Waals surface area contributed by atoms with Crippen molar-refractivity contribution in [1.82, 2.24) is 4.57 Å². The molecule has 4 nitrogen and oxygen atoms in total. The van der Waals surface area contributed by atoms with Crippen LogP contribution in [0, 0.1) is 22.7 Å². The summed E-state index contributed by atoms with van der Waals surface area (Å²) in [6.45, 7) is 0. The molecule has 0 spiro atoms. The topological polar surface area (TPSA) is 78.5 Å². The largest absolute Gasteiger partial charge is 0.398 e. The molecule has 0 saturated carbocycles. The highest BCUT2D eigenvalue weighted by molar-refractivity contribution is 6.12. The van der Waals surface area contributed by atoms with Gasteiger partial charge in [0.25, 0.3) is 0 Å². The molecule has 0 saturated heterocycles. The van der Waals surface area contributed by atoms with Gasteiger partial charge in [-0.25, -0.2) is 0 Å². The second-order valence-electron chi connectivity index (χ2n) is 16.9. The maximum Gasteiger partial charge on any atom is 0.0999 e. The normalized spacial score (nSPS) is 11.1. The summed E-state index contributed by atoms with van der Waals surface area (Å²) in [4.78, 5) is 0. The molecule has 314 valence electrons. The first kappa shape index (κ1) is 40.5. The van der Waals surface area contributed by atoms with Crippen molar-refractivity contribution in [2.75, 3.05) is 5.73 Å². The van der Waals surface area contributed by atoms with Gasteiger partial charge in [0, 0.05) is 34.0 Å². The lowest BCUT2D eigenvalue weighted by atomic mass is 9.85. The van der Waals surface area contributed by atoms with Crippen LogP contribution in [-0.2, 0) is 6.42 Å². The van der Waals surface area contributed by atoms with E-state index in [9.17, 15) is 10.5 Å². The van der Waals surface area contributed by atoms with Gasteiger partial charge in [-0.15, -0.1) is 0 Å². The summed E-state index contributed by atoms with van der Waals surface area (Å²) in [6.07, 6.45) is 0.370. The molecule has 0 atom stereocenters. The SMILES string of the molecule is N#Cc1cc(C#N)c(-c2ccccc2)c(-n2c3ccc(-c4ccccc4)cc3c3cc(-c4ccccc4)ccc32)c1Cc1ccc(-c2ccccc2)cc1-c1cc(-c2ccccc2)ccc1N. The van der Waals surface area contributed by atoms with Gasteiger partial charge < -0.3 is 10.3 Å². The van der Waals surface area contributed by atoms with Crippen molar-refractivity contribution in [2.24, 2.45) is 0 Å². The van der Waals surface area contributed by atoms with E-state index in [0.29, 0.717) is 23.2 Å². The van der Waals surface area contributed by atoms with Gasteiger partial charge in [-0.2, -0.15) is 10.5 Å². The number of anilines is 1. The van der Waals surface area contributed by atoms with Gasteiger partial charge in [0.2, 0.25) is 0 Å². The molecule has 0 aliphatic carbocycles. The fourth-order valence-electron chi connectivity index (χ4n) is 9.69. The van der Waals surface area contributed by atoms with Crippen LogP contribution in [0.3, 0.4) is 0 Å². The van der Waals surface area contributed by atoms with Crippen LogP contribution >= 0.6 is 0 Å². The standard InChI is InChI=1S/C63H42N4/c64-40-52-34-53(41-65)62(46-24-14-5-15-25-46)63(67-60-32-29-49(44-20-10-3-11-21-44)37-57(60)58-38-50(30-33-61(58)67)45-22-12-4-13-23-45)55(52)39-51-27-26-47(42-16-6-1-7-17-42)35-54(51)56-36-48(28-31-59(56)66)43-18-8-2-9-19-43/h1-38H,39,66H2. The van der Waals surface area contributed by atoms with E-state index in [1.807, 2.05) is 60.7 Å². The molecule has 1 heterocycles. The summed E-state index contributed by atoms with van der Waals surface area (Å²) < 4.78 is 2.30. The summed E-state index contributed by atoms with van der Waals surface area (Å²) in [5, 5.41) is 24.4. The second-order valence-corrected chi connectivity index (χ2v) is 16.9. The molecule has 0 radical (unpaired) electrons. The van der Waals surface area contributed by atoms with E-state index >= 15 is 0 Å². The van der Waals surface area contributed by atoms with Gasteiger partial charge in [0.1, 0.15) is 0 Å². The third-order valence-corrected chi connectivity index (χ3v) is 12.9. The lowest BCUT2D eigenvalue weighted by molar-refractivity contribution is 1.08. The molecular weight excluding hydrogens is 813 g/mol. The predicted molar refractivity (Wildman–Crippen MR) is 276 cm³/mol. The minimum Gasteiger partial charge on any atom is -0.398 e. The van der Waals surface area contributed by atoms with Gasteiger partial charge in [-0.1, -0.05) is 182 Å². The van der Waals surface area contributed by atoms with Crippen LogP contribution < -0.4 is 5.73 Å². The van der Waals surface area contributed by atoms with Gasteiger partial charge >= 0.3 is 0 Å². The number of rotatable bonds is 9. The van der Waals surface area contributed by atoms with E-state index in [1.54, 1.807) is 6.07 Å². The molecule has 11 rings (SSSR count). The third-order valence-electron chi connectivity index (χ3n) is 12.9. The third kappa shape index (κ3) is 7.49. The molecule has 0 bridgehead atoms. The number of aromatic nitrogens is 1. The Morgan fingerprint density at radius 2 is 0.776 bits per heavy atom. The Kier molecular flexibility index (Phi) is 10.5. The molecular formula is C63H42N4. The molecule has 0 aliphatic heterocycles. The summed E-state index contributed by atoms with van der Waals surface area (Å²) in [7, 11) is 0. The average molecular weight is 855 g/mol. The summed E-state index contributed by atoms with van der Waals surface area (Å²) >= 11 is 0. The number of fused-ring (bicyclic) bond motifs is 3. The number of benzene rings is 10. The zero-order valence-electron chi connectivity index (χ0n) is 36.6. The highest BCUT2D eigenvalue weighted by atomic mass is 15.0. The first-order valence-corrected chi connectivity index (χ1v) is 22.4. The predicted octanol–water partition coefficient (Wildman–Crippen LogP) is 15.7. The lowest BCUT2D eigenvalue weighted by Crippen LogP contribution is -2.09. The molecule has 0 aliphatic rings. The second kappa shape index (κ2) is 17.4. The van der Waals surface area contributed by atoms with Gasteiger partial charge in [0.05, 0.1) is 40.0 Å². The van der Waals surface area contributed by atoms with Crippen LogP contribution in [0.25, 0.3) is 94.3 Å². The van der Waals surface area contributed by atoms with Crippen LogP contribution in [0.1, 0.15) is 22.3 Å². The minimum atomic E-state index is 0.370. The van der Waals surface area contributed by atoms with Crippen LogP contribution in [0.4, 0.5) is 5.69 Å². The quantitative estimate of drug-likeness (QED) is 0.147. The van der Waals surface area contributed by atoms with Gasteiger partial charge in [0.15, 0.2) is 0 Å². The molecule has 11 aromatic rings. The number of hydrogen-bond acceptors (Lipinski definition) is 3. The van der Waals surface area contributed by atoms with E-state index in [4.69, 9.17) is 5.73 Å². The lowest BCUT2D eigenvalue weighted by Gasteiger charge is -2.23. The summed E-state index contributed by atoms with van der Waals surface area (Å²) in [5.41, 5.74) is 25.3. The minimum absolute atomic E-state index is 0.370. The Labute approximate surface area is 390 Å². The van der Waals surface area contributed by atoms with Crippen molar-refractivity contribution in [3.63, 3.8) is 0 Å². The van der Waals surface area contributed by atoms with Gasteiger partial charge in [-0.05, 0) is 115 Å². The van der Waals surface area contributed by atoms with Gasteiger partial charge in [-0.3, -0.25) is 0 Å². The molecule has 2 N–H and O–H groups in total. The fraction of sp³-hybridized carbons (Fsp3) is 0.0159. The first-order chi connectivity index (χ1) is 33.1. The highest BCUT2D eigenvalue weighted by Gasteiger charge is 2.26. The van der Waals surface area contributed by atoms with Crippen molar-refractivity contribution >= 4 is 27.5 Å². The van der Waals surface area contributed by atoms with Crippen molar-refractivity contribution < 1.29 is 0 Å². The molecule has 1 aromatic heterocycles. The maximum atomic E-state index is 11.2. The number of nitrogens with zero attached hydrogens (tertiary/aromatic N) is 3. The van der Waals surface area contributed by atoms with E-state index in [1.165, 1.54) is 0 Å². The molecule has 0 amide bonds. The van der Waals surface area contributed by atoms with E-state index in [2.05, 4.69) is 180 Å². The van der Waals surface area contributed by atoms with E-state index < -0.39 is 0 Å². The number of nitriles is 2. The van der Waals surface area contributed by atoms with Crippen molar-refractivity contribution in [3.8, 4) is 84.6 Å². The maximum absolute atomic E-state index is 11.2. The van der Waals surface area contributed by atoms with Crippen LogP contribution in [0.15, 0.2) is 231 Å². The summed E-state index contributed by atoms with van der Waals surface area (Å²) in [6, 6.07) is 84.7. The first-order valence-electron chi connectivity index (χ1n) is 22.4. The molecule has 10 aromatic carbocycles. The zero-order chi connectivity index (χ0) is 45.3. The Bertz CT molecular complexity index is 3620. The zero-order valence-corrected chi connectivity index (χ0v) is 36.6. The molecule has 0 fully saturated rings. The van der Waals surface area contributed by atoms with E-state index in [0.717, 1.165) is 105 Å². The average Bonchev–Trinajstić information content (AvgIpc) is 3.72. The number of nitrogen functional groups attached to an aromatic ring is 1. The van der Waals surface area contributed by atoms with Crippen molar-refractivity contribution in [2.45, 2.75) is 6.42 Å². The smallest absolute Gasteiger partial charge is 0.0999 e. The van der Waals surface area contributed by atoms with E-state index in [-0.39, 0.29) is 0 Å². The van der Waals surface area contributed by atoms with Crippen molar-refractivity contribution in [1.29, 1.82) is 10.5 Å². The number of nitrogens with two attached hydrogens (primary N) is 1. The monoisotopic (exact) mass is 854 g/mol. The fourth-order valence-corrected chi connectivity index (χ4v) is 9.69. The Morgan fingerprint density at radius 1 is 0.373 bits per heavy atom. The van der Waals surface area contributed by atoms with Crippen LogP contribution in [0.5, 0.6) is 0 Å². The number of hydrogen-bond donors (Lipinski definition) is 1. The van der Waals surface area contributed by atoms with Crippen LogP contribution in [0.2, 0.25) is 0 Å². The molecule has 4 heteroatoms. The summed E-state index contributed by atoms with van der Waals surface area (Å²) in [5.74, 6) is 0.